The zero-order valence-corrected chi connectivity index (χ0v) is 12.8. The summed E-state index contributed by atoms with van der Waals surface area (Å²) in [5, 5.41) is 13.4. The molecule has 2 rings (SSSR count). The Morgan fingerprint density at radius 1 is 1.38 bits per heavy atom. The summed E-state index contributed by atoms with van der Waals surface area (Å²) in [5.41, 5.74) is 5.63. The molecular formula is C15H15N4O5+. The lowest BCUT2D eigenvalue weighted by Crippen LogP contribution is -2.40. The van der Waals surface area contributed by atoms with Crippen molar-refractivity contribution in [1.29, 1.82) is 0 Å². The van der Waals surface area contributed by atoms with E-state index in [-0.39, 0.29) is 23.5 Å². The number of anilines is 1. The Morgan fingerprint density at radius 3 is 2.75 bits per heavy atom. The summed E-state index contributed by atoms with van der Waals surface area (Å²) in [4.78, 5) is 33.4. The van der Waals surface area contributed by atoms with Crippen molar-refractivity contribution in [2.45, 2.75) is 6.54 Å². The molecule has 0 unspecified atom stereocenters. The number of carbonyl (C=O) groups is 2. The Bertz CT molecular complexity index is 806. The van der Waals surface area contributed by atoms with Crippen molar-refractivity contribution >= 4 is 23.2 Å². The molecule has 124 valence electrons. The van der Waals surface area contributed by atoms with E-state index in [9.17, 15) is 19.7 Å². The average molecular weight is 331 g/mol. The maximum absolute atomic E-state index is 12.1. The van der Waals surface area contributed by atoms with E-state index in [1.165, 1.54) is 42.1 Å². The SMILES string of the molecule is COc1cc([N+](=O)[O-])ccc1NC(=O)C[n+]1cccc(C(N)=O)c1. The fourth-order valence-corrected chi connectivity index (χ4v) is 2.02. The molecule has 0 bridgehead atoms. The number of non-ortho nitro benzene ring substituents is 1. The molecule has 9 nitrogen and oxygen atoms in total. The number of pyridine rings is 1. The van der Waals surface area contributed by atoms with Crippen molar-refractivity contribution in [2.24, 2.45) is 5.73 Å². The van der Waals surface area contributed by atoms with Crippen LogP contribution in [0, 0.1) is 10.1 Å². The molecule has 2 aromatic rings. The first-order chi connectivity index (χ1) is 11.4. The fourth-order valence-electron chi connectivity index (χ4n) is 2.02. The van der Waals surface area contributed by atoms with Gasteiger partial charge in [0.2, 0.25) is 6.54 Å². The van der Waals surface area contributed by atoms with Crippen LogP contribution in [0.5, 0.6) is 5.75 Å². The molecule has 1 heterocycles. The Hall–Kier alpha value is -3.49. The highest BCUT2D eigenvalue weighted by Gasteiger charge is 2.16. The number of benzene rings is 1. The number of nitro benzene ring substituents is 1. The van der Waals surface area contributed by atoms with Gasteiger partial charge in [-0.1, -0.05) is 0 Å². The molecule has 0 radical (unpaired) electrons. The Morgan fingerprint density at radius 2 is 2.12 bits per heavy atom. The third-order valence-electron chi connectivity index (χ3n) is 3.14. The van der Waals surface area contributed by atoms with Crippen LogP contribution < -0.4 is 20.4 Å². The van der Waals surface area contributed by atoms with E-state index in [1.54, 1.807) is 12.3 Å². The standard InChI is InChI=1S/C15H14N4O5/c1-24-13-7-11(19(22)23)4-5-12(13)17-14(20)9-18-6-2-3-10(8-18)15(16)21/h2-8H,9H2,1H3,(H2-,16,17,20,21)/p+1. The summed E-state index contributed by atoms with van der Waals surface area (Å²) in [6.07, 6.45) is 3.06. The summed E-state index contributed by atoms with van der Waals surface area (Å²) in [6.45, 7) is -0.0682. The largest absolute Gasteiger partial charge is 0.494 e. The number of carbonyl (C=O) groups excluding carboxylic acids is 2. The lowest BCUT2D eigenvalue weighted by Gasteiger charge is -2.08. The number of nitrogens with zero attached hydrogens (tertiary/aromatic N) is 2. The minimum absolute atomic E-state index is 0.0682. The van der Waals surface area contributed by atoms with Crippen LogP contribution in [0.15, 0.2) is 42.7 Å². The molecule has 1 aromatic heterocycles. The van der Waals surface area contributed by atoms with Gasteiger partial charge in [0.1, 0.15) is 11.3 Å². The number of amides is 2. The number of methoxy groups -OCH3 is 1. The van der Waals surface area contributed by atoms with Crippen LogP contribution in [0.3, 0.4) is 0 Å². The van der Waals surface area contributed by atoms with Gasteiger partial charge in [0.25, 0.3) is 17.5 Å². The van der Waals surface area contributed by atoms with Gasteiger partial charge in [0.05, 0.1) is 23.8 Å². The third kappa shape index (κ3) is 4.03. The van der Waals surface area contributed by atoms with Gasteiger partial charge in [-0.2, -0.15) is 4.57 Å². The van der Waals surface area contributed by atoms with E-state index >= 15 is 0 Å². The number of nitro groups is 1. The Labute approximate surface area is 136 Å². The lowest BCUT2D eigenvalue weighted by molar-refractivity contribution is -0.684. The van der Waals surface area contributed by atoms with Gasteiger partial charge in [-0.15, -0.1) is 0 Å². The quantitative estimate of drug-likeness (QED) is 0.456. The normalized spacial score (nSPS) is 10.0. The molecule has 0 saturated carbocycles. The first kappa shape index (κ1) is 16.9. The monoisotopic (exact) mass is 331 g/mol. The average Bonchev–Trinajstić information content (AvgIpc) is 2.55. The van der Waals surface area contributed by atoms with Gasteiger partial charge in [-0.25, -0.2) is 0 Å². The first-order valence-corrected chi connectivity index (χ1v) is 6.82. The highest BCUT2D eigenvalue weighted by Crippen LogP contribution is 2.28. The van der Waals surface area contributed by atoms with Crippen LogP contribution in [-0.4, -0.2) is 23.8 Å². The molecule has 0 aliphatic rings. The zero-order valence-electron chi connectivity index (χ0n) is 12.8. The smallest absolute Gasteiger partial charge is 0.290 e. The van der Waals surface area contributed by atoms with Gasteiger partial charge in [0, 0.05) is 12.1 Å². The fraction of sp³-hybridized carbons (Fsp3) is 0.133. The van der Waals surface area contributed by atoms with E-state index < -0.39 is 16.7 Å². The number of aromatic nitrogens is 1. The number of ether oxygens (including phenoxy) is 1. The van der Waals surface area contributed by atoms with Gasteiger partial charge in [-0.05, 0) is 12.1 Å². The number of nitrogens with one attached hydrogen (secondary N) is 1. The van der Waals surface area contributed by atoms with Gasteiger partial charge in [-0.3, -0.25) is 19.7 Å². The van der Waals surface area contributed by atoms with Crippen LogP contribution >= 0.6 is 0 Å². The number of hydrogen-bond acceptors (Lipinski definition) is 5. The molecule has 0 aliphatic carbocycles. The molecular weight excluding hydrogens is 316 g/mol. The van der Waals surface area contributed by atoms with Crippen molar-refractivity contribution in [3.05, 3.63) is 58.4 Å². The van der Waals surface area contributed by atoms with Crippen molar-refractivity contribution < 1.29 is 23.8 Å². The van der Waals surface area contributed by atoms with Gasteiger partial charge >= 0.3 is 0 Å². The summed E-state index contributed by atoms with van der Waals surface area (Å²) >= 11 is 0. The zero-order chi connectivity index (χ0) is 17.7. The molecule has 0 saturated heterocycles. The van der Waals surface area contributed by atoms with E-state index in [1.807, 2.05) is 0 Å². The van der Waals surface area contributed by atoms with Crippen LogP contribution in [-0.2, 0) is 11.3 Å². The van der Waals surface area contributed by atoms with Crippen LogP contribution in [0.1, 0.15) is 10.4 Å². The maximum Gasteiger partial charge on any atom is 0.290 e. The first-order valence-electron chi connectivity index (χ1n) is 6.82. The predicted molar refractivity (Wildman–Crippen MR) is 83.4 cm³/mol. The maximum atomic E-state index is 12.1. The van der Waals surface area contributed by atoms with E-state index in [0.717, 1.165) is 0 Å². The van der Waals surface area contributed by atoms with Crippen molar-refractivity contribution in [2.75, 3.05) is 12.4 Å². The van der Waals surface area contributed by atoms with Gasteiger partial charge in [0.15, 0.2) is 12.4 Å². The third-order valence-corrected chi connectivity index (χ3v) is 3.14. The summed E-state index contributed by atoms with van der Waals surface area (Å²) in [5.74, 6) is -0.816. The highest BCUT2D eigenvalue weighted by molar-refractivity contribution is 5.92. The number of rotatable bonds is 6. The minimum Gasteiger partial charge on any atom is -0.494 e. The molecule has 1 aromatic carbocycles. The summed E-state index contributed by atoms with van der Waals surface area (Å²) in [6, 6.07) is 7.00. The summed E-state index contributed by atoms with van der Waals surface area (Å²) < 4.78 is 6.54. The Balaban J connectivity index is 2.14. The number of nitrogens with two attached hydrogens (primary N) is 1. The predicted octanol–water partition coefficient (Wildman–Crippen LogP) is 0.628. The second-order valence-corrected chi connectivity index (χ2v) is 4.82. The molecule has 9 heteroatoms. The van der Waals surface area contributed by atoms with Crippen molar-refractivity contribution in [3.8, 4) is 5.75 Å². The molecule has 0 atom stereocenters. The van der Waals surface area contributed by atoms with Gasteiger partial charge < -0.3 is 15.8 Å². The number of hydrogen-bond donors (Lipinski definition) is 2. The van der Waals surface area contributed by atoms with Crippen LogP contribution in [0.2, 0.25) is 0 Å². The molecule has 3 N–H and O–H groups in total. The highest BCUT2D eigenvalue weighted by atomic mass is 16.6. The van der Waals surface area contributed by atoms with E-state index in [4.69, 9.17) is 10.5 Å². The second-order valence-electron chi connectivity index (χ2n) is 4.82. The molecule has 0 spiro atoms. The Kier molecular flexibility index (Phi) is 5.05. The van der Waals surface area contributed by atoms with E-state index in [0.29, 0.717) is 5.69 Å². The van der Waals surface area contributed by atoms with Crippen LogP contribution in [0.4, 0.5) is 11.4 Å². The molecule has 2 amide bonds. The minimum atomic E-state index is -0.596. The topological polar surface area (TPSA) is 128 Å². The number of primary amides is 1. The second kappa shape index (κ2) is 7.18. The molecule has 24 heavy (non-hydrogen) atoms. The van der Waals surface area contributed by atoms with Crippen molar-refractivity contribution in [3.63, 3.8) is 0 Å². The van der Waals surface area contributed by atoms with E-state index in [2.05, 4.69) is 5.32 Å². The molecule has 0 aliphatic heterocycles. The van der Waals surface area contributed by atoms with Crippen molar-refractivity contribution in [1.82, 2.24) is 0 Å². The molecule has 0 fully saturated rings. The lowest BCUT2D eigenvalue weighted by atomic mass is 10.2. The van der Waals surface area contributed by atoms with Crippen LogP contribution in [0.25, 0.3) is 0 Å². The summed E-state index contributed by atoms with van der Waals surface area (Å²) in [7, 11) is 1.35.